The highest BCUT2D eigenvalue weighted by atomic mass is 16.6. The molecule has 5 nitrogen and oxygen atoms in total. The fourth-order valence-corrected chi connectivity index (χ4v) is 1.44. The Bertz CT molecular complexity index is 413. The van der Waals surface area contributed by atoms with Crippen LogP contribution >= 0.6 is 0 Å². The molecule has 1 aromatic rings. The van der Waals surface area contributed by atoms with E-state index in [0.29, 0.717) is 6.54 Å². The molecule has 100 valence electrons. The molecule has 0 bridgehead atoms. The molecule has 0 atom stereocenters. The molecule has 0 saturated heterocycles. The molecule has 0 saturated carbocycles. The third-order valence-corrected chi connectivity index (χ3v) is 2.22. The minimum absolute atomic E-state index is 0.339. The maximum atomic E-state index is 11.8. The van der Waals surface area contributed by atoms with E-state index in [1.165, 1.54) is 4.90 Å². The van der Waals surface area contributed by atoms with Gasteiger partial charge in [-0.1, -0.05) is 12.1 Å². The molecule has 0 unspecified atom stereocenters. The average Bonchev–Trinajstić information content (AvgIpc) is 2.27. The molecule has 3 N–H and O–H groups in total. The third-order valence-electron chi connectivity index (χ3n) is 2.22. The molecule has 1 amide bonds. The number of nitrogen functional groups attached to an aromatic ring is 1. The number of nitrogens with one attached hydrogen (secondary N) is 1. The molecule has 1 aromatic carbocycles. The van der Waals surface area contributed by atoms with E-state index in [0.717, 1.165) is 11.3 Å². The molecule has 1 rings (SSSR count). The van der Waals surface area contributed by atoms with Gasteiger partial charge in [0.15, 0.2) is 0 Å². The van der Waals surface area contributed by atoms with Crippen LogP contribution in [0, 0.1) is 0 Å². The lowest BCUT2D eigenvalue weighted by atomic mass is 10.2. The van der Waals surface area contributed by atoms with Crippen molar-refractivity contribution in [2.45, 2.75) is 32.9 Å². The minimum atomic E-state index is -0.480. The summed E-state index contributed by atoms with van der Waals surface area (Å²) in [4.78, 5) is 13.3. The molecule has 0 spiro atoms. The van der Waals surface area contributed by atoms with Crippen molar-refractivity contribution in [3.63, 3.8) is 0 Å². The number of carbonyl (C=O) groups excluding carboxylic acids is 1. The predicted molar refractivity (Wildman–Crippen MR) is 72.0 cm³/mol. The summed E-state index contributed by atoms with van der Waals surface area (Å²) in [5, 5.41) is 0. The fraction of sp³-hybridized carbons (Fsp3) is 0.462. The Labute approximate surface area is 108 Å². The first kappa shape index (κ1) is 14.3. The van der Waals surface area contributed by atoms with Gasteiger partial charge in [0.25, 0.3) is 0 Å². The number of rotatable bonds is 3. The number of hydrogen-bond acceptors (Lipinski definition) is 4. The highest BCUT2D eigenvalue weighted by Gasteiger charge is 2.19. The number of nitrogens with two attached hydrogens (primary N) is 1. The number of hydrazine groups is 1. The van der Waals surface area contributed by atoms with Gasteiger partial charge in [-0.2, -0.15) is 0 Å². The molecule has 0 radical (unpaired) electrons. The largest absolute Gasteiger partial charge is 0.444 e. The smallest absolute Gasteiger partial charge is 0.410 e. The van der Waals surface area contributed by atoms with Crippen LogP contribution in [0.25, 0.3) is 0 Å². The van der Waals surface area contributed by atoms with Gasteiger partial charge in [0, 0.05) is 19.3 Å². The highest BCUT2D eigenvalue weighted by Crippen LogP contribution is 2.13. The summed E-state index contributed by atoms with van der Waals surface area (Å²) in [7, 11) is 1.70. The zero-order valence-electron chi connectivity index (χ0n) is 11.4. The lowest BCUT2D eigenvalue weighted by Gasteiger charge is -2.24. The third kappa shape index (κ3) is 4.63. The van der Waals surface area contributed by atoms with Crippen LogP contribution in [0.2, 0.25) is 0 Å². The van der Waals surface area contributed by atoms with Crippen LogP contribution in [0.5, 0.6) is 0 Å². The SMILES string of the molecule is CN(Cc1cccc(NN)c1)C(=O)OC(C)(C)C. The van der Waals surface area contributed by atoms with E-state index in [1.54, 1.807) is 7.05 Å². The second-order valence-corrected chi connectivity index (χ2v) is 5.18. The van der Waals surface area contributed by atoms with Gasteiger partial charge in [-0.15, -0.1) is 0 Å². The topological polar surface area (TPSA) is 67.6 Å². The molecular weight excluding hydrogens is 230 g/mol. The zero-order chi connectivity index (χ0) is 13.8. The van der Waals surface area contributed by atoms with Crippen LogP contribution in [0.3, 0.4) is 0 Å². The predicted octanol–water partition coefficient (Wildman–Crippen LogP) is 2.34. The van der Waals surface area contributed by atoms with Crippen molar-refractivity contribution in [1.82, 2.24) is 4.90 Å². The molecule has 0 aliphatic heterocycles. The van der Waals surface area contributed by atoms with E-state index in [4.69, 9.17) is 10.6 Å². The first-order valence-electron chi connectivity index (χ1n) is 5.81. The summed E-state index contributed by atoms with van der Waals surface area (Å²) in [6, 6.07) is 7.56. The zero-order valence-corrected chi connectivity index (χ0v) is 11.4. The van der Waals surface area contributed by atoms with E-state index in [1.807, 2.05) is 45.0 Å². The Kier molecular flexibility index (Phi) is 4.55. The van der Waals surface area contributed by atoms with Crippen molar-refractivity contribution in [2.75, 3.05) is 12.5 Å². The van der Waals surface area contributed by atoms with Gasteiger partial charge in [-0.3, -0.25) is 5.84 Å². The van der Waals surface area contributed by atoms with Gasteiger partial charge in [-0.25, -0.2) is 4.79 Å². The number of hydrogen-bond donors (Lipinski definition) is 2. The summed E-state index contributed by atoms with van der Waals surface area (Å²) in [6.07, 6.45) is -0.339. The standard InChI is InChI=1S/C13H21N3O2/c1-13(2,3)18-12(17)16(4)9-10-6-5-7-11(8-10)15-14/h5-8,15H,9,14H2,1-4H3. The highest BCUT2D eigenvalue weighted by molar-refractivity contribution is 5.67. The lowest BCUT2D eigenvalue weighted by molar-refractivity contribution is 0.0285. The lowest BCUT2D eigenvalue weighted by Crippen LogP contribution is -2.33. The Balaban J connectivity index is 2.63. The van der Waals surface area contributed by atoms with Crippen LogP contribution in [0.4, 0.5) is 10.5 Å². The number of amides is 1. The van der Waals surface area contributed by atoms with Crippen molar-refractivity contribution in [3.05, 3.63) is 29.8 Å². The summed E-state index contributed by atoms with van der Waals surface area (Å²) < 4.78 is 5.27. The maximum Gasteiger partial charge on any atom is 0.410 e. The van der Waals surface area contributed by atoms with Gasteiger partial charge in [0.1, 0.15) is 5.60 Å². The molecule has 0 fully saturated rings. The van der Waals surface area contributed by atoms with E-state index < -0.39 is 5.60 Å². The summed E-state index contributed by atoms with van der Waals surface area (Å²) >= 11 is 0. The first-order valence-corrected chi connectivity index (χ1v) is 5.81. The quantitative estimate of drug-likeness (QED) is 0.639. The van der Waals surface area contributed by atoms with Gasteiger partial charge in [0.05, 0.1) is 0 Å². The van der Waals surface area contributed by atoms with E-state index >= 15 is 0 Å². The van der Waals surface area contributed by atoms with Crippen LogP contribution in [0.1, 0.15) is 26.3 Å². The monoisotopic (exact) mass is 251 g/mol. The van der Waals surface area contributed by atoms with Crippen molar-refractivity contribution in [3.8, 4) is 0 Å². The molecule has 0 aliphatic carbocycles. The maximum absolute atomic E-state index is 11.8. The Morgan fingerprint density at radius 3 is 2.67 bits per heavy atom. The Morgan fingerprint density at radius 2 is 2.11 bits per heavy atom. The number of nitrogens with zero attached hydrogens (tertiary/aromatic N) is 1. The Hall–Kier alpha value is -1.75. The van der Waals surface area contributed by atoms with Crippen LogP contribution in [0.15, 0.2) is 24.3 Å². The van der Waals surface area contributed by atoms with Crippen molar-refractivity contribution in [1.29, 1.82) is 0 Å². The van der Waals surface area contributed by atoms with E-state index in [-0.39, 0.29) is 6.09 Å². The summed E-state index contributed by atoms with van der Waals surface area (Å²) in [5.41, 5.74) is 3.89. The van der Waals surface area contributed by atoms with Gasteiger partial charge in [-0.05, 0) is 38.5 Å². The van der Waals surface area contributed by atoms with Gasteiger partial charge >= 0.3 is 6.09 Å². The average molecular weight is 251 g/mol. The molecule has 18 heavy (non-hydrogen) atoms. The second-order valence-electron chi connectivity index (χ2n) is 5.18. The molecule has 0 aromatic heterocycles. The first-order chi connectivity index (χ1) is 8.31. The van der Waals surface area contributed by atoms with Crippen LogP contribution < -0.4 is 11.3 Å². The van der Waals surface area contributed by atoms with Gasteiger partial charge < -0.3 is 15.1 Å². The van der Waals surface area contributed by atoms with Crippen molar-refractivity contribution >= 4 is 11.8 Å². The van der Waals surface area contributed by atoms with E-state index in [9.17, 15) is 4.79 Å². The van der Waals surface area contributed by atoms with Crippen molar-refractivity contribution in [2.24, 2.45) is 5.84 Å². The normalized spacial score (nSPS) is 10.9. The fourth-order valence-electron chi connectivity index (χ4n) is 1.44. The number of ether oxygens (including phenoxy) is 1. The Morgan fingerprint density at radius 1 is 1.44 bits per heavy atom. The number of anilines is 1. The summed E-state index contributed by atoms with van der Waals surface area (Å²) in [5.74, 6) is 5.34. The summed E-state index contributed by atoms with van der Waals surface area (Å²) in [6.45, 7) is 6.01. The van der Waals surface area contributed by atoms with Crippen LogP contribution in [-0.2, 0) is 11.3 Å². The second kappa shape index (κ2) is 5.73. The minimum Gasteiger partial charge on any atom is -0.444 e. The van der Waals surface area contributed by atoms with Gasteiger partial charge in [0.2, 0.25) is 0 Å². The van der Waals surface area contributed by atoms with E-state index in [2.05, 4.69) is 5.43 Å². The van der Waals surface area contributed by atoms with Crippen LogP contribution in [-0.4, -0.2) is 23.6 Å². The molecule has 5 heteroatoms. The number of carbonyl (C=O) groups is 1. The molecule has 0 heterocycles. The number of benzene rings is 1. The molecular formula is C13H21N3O2. The van der Waals surface area contributed by atoms with Crippen molar-refractivity contribution < 1.29 is 9.53 Å². The molecule has 0 aliphatic rings.